The molecule has 22 heavy (non-hydrogen) atoms. The van der Waals surface area contributed by atoms with E-state index in [9.17, 15) is 9.59 Å². The zero-order chi connectivity index (χ0) is 15.7. The fourth-order valence-electron chi connectivity index (χ4n) is 2.70. The number of rotatable bonds is 2. The number of ether oxygens (including phenoxy) is 2. The number of hydrogen-bond acceptors (Lipinski definition) is 4. The molecule has 6 heteroatoms. The van der Waals surface area contributed by atoms with E-state index in [4.69, 9.17) is 14.6 Å². The number of aliphatic carboxylic acids is 1. The topological polar surface area (TPSA) is 76.1 Å². The van der Waals surface area contributed by atoms with Crippen molar-refractivity contribution in [3.05, 3.63) is 35.4 Å². The molecule has 1 N–H and O–H groups in total. The molecule has 1 amide bonds. The van der Waals surface area contributed by atoms with Crippen LogP contribution in [0.25, 0.3) is 6.08 Å². The van der Waals surface area contributed by atoms with Gasteiger partial charge in [0.2, 0.25) is 0 Å². The molecule has 2 atom stereocenters. The van der Waals surface area contributed by atoms with Gasteiger partial charge < -0.3 is 19.5 Å². The Bertz CT molecular complexity index is 639. The molecule has 3 rings (SSSR count). The van der Waals surface area contributed by atoms with Gasteiger partial charge in [-0.15, -0.1) is 0 Å². The van der Waals surface area contributed by atoms with Gasteiger partial charge in [-0.3, -0.25) is 4.79 Å². The summed E-state index contributed by atoms with van der Waals surface area (Å²) < 4.78 is 10.9. The SMILES string of the molecule is C[C@@H]1CN(C(=O)C2=Cc3ccccc3OC2)CC(C(=O)O)O1. The van der Waals surface area contributed by atoms with Gasteiger partial charge in [0.05, 0.1) is 18.2 Å². The molecule has 2 aliphatic rings. The molecule has 2 heterocycles. The molecule has 1 fully saturated rings. The second-order valence-corrected chi connectivity index (χ2v) is 5.48. The third-order valence-electron chi connectivity index (χ3n) is 3.73. The van der Waals surface area contributed by atoms with E-state index in [-0.39, 0.29) is 25.2 Å². The summed E-state index contributed by atoms with van der Waals surface area (Å²) >= 11 is 0. The van der Waals surface area contributed by atoms with Gasteiger partial charge in [-0.05, 0) is 19.1 Å². The van der Waals surface area contributed by atoms with Crippen LogP contribution in [0.15, 0.2) is 29.8 Å². The van der Waals surface area contributed by atoms with E-state index in [1.807, 2.05) is 24.3 Å². The summed E-state index contributed by atoms with van der Waals surface area (Å²) in [6.45, 7) is 2.38. The fraction of sp³-hybridized carbons (Fsp3) is 0.375. The summed E-state index contributed by atoms with van der Waals surface area (Å²) in [6, 6.07) is 7.48. The van der Waals surface area contributed by atoms with Crippen LogP contribution in [0.4, 0.5) is 0 Å². The van der Waals surface area contributed by atoms with E-state index in [0.717, 1.165) is 11.3 Å². The summed E-state index contributed by atoms with van der Waals surface area (Å²) in [5.41, 5.74) is 1.38. The number of carboxylic acid groups (broad SMARTS) is 1. The number of morpholine rings is 1. The zero-order valence-corrected chi connectivity index (χ0v) is 12.2. The molecule has 0 saturated carbocycles. The van der Waals surface area contributed by atoms with Gasteiger partial charge in [0, 0.05) is 12.1 Å². The van der Waals surface area contributed by atoms with Crippen LogP contribution in [-0.2, 0) is 14.3 Å². The smallest absolute Gasteiger partial charge is 0.334 e. The lowest BCUT2D eigenvalue weighted by atomic mass is 10.1. The zero-order valence-electron chi connectivity index (χ0n) is 12.2. The first-order chi connectivity index (χ1) is 10.5. The number of carbonyl (C=O) groups is 2. The Morgan fingerprint density at radius 3 is 2.82 bits per heavy atom. The third-order valence-corrected chi connectivity index (χ3v) is 3.73. The van der Waals surface area contributed by atoms with Crippen molar-refractivity contribution in [2.24, 2.45) is 0 Å². The highest BCUT2D eigenvalue weighted by Gasteiger charge is 2.34. The van der Waals surface area contributed by atoms with Crippen molar-refractivity contribution < 1.29 is 24.2 Å². The van der Waals surface area contributed by atoms with Crippen LogP contribution in [0.5, 0.6) is 5.75 Å². The second kappa shape index (κ2) is 5.81. The molecule has 0 bridgehead atoms. The normalized spacial score (nSPS) is 24.0. The highest BCUT2D eigenvalue weighted by molar-refractivity contribution is 5.99. The van der Waals surface area contributed by atoms with Gasteiger partial charge in [0.15, 0.2) is 6.10 Å². The van der Waals surface area contributed by atoms with Crippen LogP contribution in [0.3, 0.4) is 0 Å². The first kappa shape index (κ1) is 14.6. The Labute approximate surface area is 127 Å². The predicted octanol–water partition coefficient (Wildman–Crippen LogP) is 1.16. The van der Waals surface area contributed by atoms with Crippen molar-refractivity contribution in [2.45, 2.75) is 19.1 Å². The highest BCUT2D eigenvalue weighted by Crippen LogP contribution is 2.27. The Morgan fingerprint density at radius 1 is 1.27 bits per heavy atom. The first-order valence-corrected chi connectivity index (χ1v) is 7.14. The lowest BCUT2D eigenvalue weighted by molar-refractivity contribution is -0.165. The quantitative estimate of drug-likeness (QED) is 0.887. The molecule has 1 aromatic carbocycles. The summed E-state index contributed by atoms with van der Waals surface area (Å²) in [7, 11) is 0. The van der Waals surface area contributed by atoms with Crippen LogP contribution in [0.2, 0.25) is 0 Å². The largest absolute Gasteiger partial charge is 0.488 e. The minimum Gasteiger partial charge on any atom is -0.488 e. The van der Waals surface area contributed by atoms with Gasteiger partial charge in [-0.1, -0.05) is 18.2 Å². The third kappa shape index (κ3) is 2.82. The molecule has 0 aliphatic carbocycles. The van der Waals surface area contributed by atoms with Gasteiger partial charge in [-0.2, -0.15) is 0 Å². The van der Waals surface area contributed by atoms with Gasteiger partial charge in [0.25, 0.3) is 5.91 Å². The Hall–Kier alpha value is -2.34. The molecule has 0 spiro atoms. The van der Waals surface area contributed by atoms with Gasteiger partial charge in [-0.25, -0.2) is 4.79 Å². The Balaban J connectivity index is 1.79. The molecule has 116 valence electrons. The standard InChI is InChI=1S/C16H17NO5/c1-10-7-17(8-14(22-10)16(19)20)15(18)12-6-11-4-2-3-5-13(11)21-9-12/h2-6,10,14H,7-9H2,1H3,(H,19,20)/t10-,14?/m1/s1. The number of carbonyl (C=O) groups excluding carboxylic acids is 1. The minimum atomic E-state index is -1.05. The van der Waals surface area contributed by atoms with Crippen molar-refractivity contribution in [1.29, 1.82) is 0 Å². The average molecular weight is 303 g/mol. The van der Waals surface area contributed by atoms with Gasteiger partial charge in [0.1, 0.15) is 12.4 Å². The lowest BCUT2D eigenvalue weighted by Gasteiger charge is -2.35. The van der Waals surface area contributed by atoms with E-state index < -0.39 is 12.1 Å². The van der Waals surface area contributed by atoms with Crippen LogP contribution >= 0.6 is 0 Å². The van der Waals surface area contributed by atoms with E-state index >= 15 is 0 Å². The lowest BCUT2D eigenvalue weighted by Crippen LogP contribution is -2.52. The van der Waals surface area contributed by atoms with Crippen LogP contribution in [0.1, 0.15) is 12.5 Å². The molecule has 0 aromatic heterocycles. The summed E-state index contributed by atoms with van der Waals surface area (Å²) in [5.74, 6) is -0.503. The second-order valence-electron chi connectivity index (χ2n) is 5.48. The minimum absolute atomic E-state index is 0.0531. The number of benzene rings is 1. The van der Waals surface area contributed by atoms with Crippen molar-refractivity contribution in [1.82, 2.24) is 4.90 Å². The maximum Gasteiger partial charge on any atom is 0.334 e. The Kier molecular flexibility index (Phi) is 3.85. The molecule has 1 unspecified atom stereocenters. The van der Waals surface area contributed by atoms with E-state index in [0.29, 0.717) is 12.1 Å². The van der Waals surface area contributed by atoms with Crippen LogP contribution in [0, 0.1) is 0 Å². The number of para-hydroxylation sites is 1. The molecule has 1 aromatic rings. The first-order valence-electron chi connectivity index (χ1n) is 7.14. The van der Waals surface area contributed by atoms with Crippen LogP contribution in [-0.4, -0.2) is 53.8 Å². The highest BCUT2D eigenvalue weighted by atomic mass is 16.5. The van der Waals surface area contributed by atoms with Crippen molar-refractivity contribution in [3.8, 4) is 5.75 Å². The van der Waals surface area contributed by atoms with Crippen molar-refractivity contribution >= 4 is 18.0 Å². The number of amides is 1. The van der Waals surface area contributed by atoms with E-state index in [1.54, 1.807) is 13.0 Å². The van der Waals surface area contributed by atoms with Crippen molar-refractivity contribution in [2.75, 3.05) is 19.7 Å². The molecular formula is C16H17NO5. The predicted molar refractivity (Wildman–Crippen MR) is 78.5 cm³/mol. The summed E-state index contributed by atoms with van der Waals surface area (Å²) in [4.78, 5) is 25.2. The molecular weight excluding hydrogens is 286 g/mol. The number of fused-ring (bicyclic) bond motifs is 1. The maximum atomic E-state index is 12.6. The summed E-state index contributed by atoms with van der Waals surface area (Å²) in [6.07, 6.45) is 0.512. The molecule has 2 aliphatic heterocycles. The fourth-order valence-corrected chi connectivity index (χ4v) is 2.70. The molecule has 6 nitrogen and oxygen atoms in total. The van der Waals surface area contributed by atoms with Crippen molar-refractivity contribution in [3.63, 3.8) is 0 Å². The molecule has 0 radical (unpaired) electrons. The van der Waals surface area contributed by atoms with E-state index in [1.165, 1.54) is 4.90 Å². The number of carboxylic acids is 1. The average Bonchev–Trinajstić information content (AvgIpc) is 2.53. The van der Waals surface area contributed by atoms with Crippen LogP contribution < -0.4 is 4.74 Å². The van der Waals surface area contributed by atoms with E-state index in [2.05, 4.69) is 0 Å². The summed E-state index contributed by atoms with van der Waals surface area (Å²) in [5, 5.41) is 9.09. The molecule has 1 saturated heterocycles. The monoisotopic (exact) mass is 303 g/mol. The maximum absolute atomic E-state index is 12.6. The number of nitrogens with zero attached hydrogens (tertiary/aromatic N) is 1. The van der Waals surface area contributed by atoms with Gasteiger partial charge >= 0.3 is 5.97 Å². The Morgan fingerprint density at radius 2 is 2.05 bits per heavy atom. The number of hydrogen-bond donors (Lipinski definition) is 1.